The largest absolute Gasteiger partial charge is 0.314 e. The molecule has 0 saturated carbocycles. The molecule has 0 aromatic carbocycles. The standard InChI is InChI=1S/C21H47N5/c1-18(2,3)23-19(4,5)10-12-25-14-16-26(17-15-25)13-11-20(6,7)24-21(8,9)22/h23-24H,10-17,22H2,1-9H3. The van der Waals surface area contributed by atoms with Crippen LogP contribution in [0.4, 0.5) is 0 Å². The fraction of sp³-hybridized carbons (Fsp3) is 1.00. The summed E-state index contributed by atoms with van der Waals surface area (Å²) in [5.74, 6) is 0. The molecule has 0 amide bonds. The Morgan fingerprint density at radius 2 is 1.00 bits per heavy atom. The van der Waals surface area contributed by atoms with Crippen molar-refractivity contribution in [3.63, 3.8) is 0 Å². The molecule has 156 valence electrons. The van der Waals surface area contributed by atoms with Crippen LogP contribution in [0.2, 0.25) is 0 Å². The van der Waals surface area contributed by atoms with Gasteiger partial charge in [-0.25, -0.2) is 0 Å². The summed E-state index contributed by atoms with van der Waals surface area (Å²) in [5.41, 5.74) is 6.21. The van der Waals surface area contributed by atoms with Crippen LogP contribution in [0.15, 0.2) is 0 Å². The molecule has 0 unspecified atom stereocenters. The molecule has 0 aliphatic carbocycles. The van der Waals surface area contributed by atoms with Crippen LogP contribution in [0.5, 0.6) is 0 Å². The number of nitrogens with zero attached hydrogens (tertiary/aromatic N) is 2. The predicted octanol–water partition coefficient (Wildman–Crippen LogP) is 2.61. The molecule has 0 radical (unpaired) electrons. The molecule has 1 aliphatic rings. The third-order valence-electron chi connectivity index (χ3n) is 4.94. The SMILES string of the molecule is CC(C)(C)NC(C)(C)CCN1CCN(CCC(C)(C)NC(C)(C)N)CC1. The van der Waals surface area contributed by atoms with Gasteiger partial charge in [-0.15, -0.1) is 0 Å². The average Bonchev–Trinajstić information content (AvgIpc) is 2.39. The van der Waals surface area contributed by atoms with Crippen molar-refractivity contribution in [3.8, 4) is 0 Å². The molecule has 0 atom stereocenters. The Morgan fingerprint density at radius 3 is 1.31 bits per heavy atom. The minimum absolute atomic E-state index is 0.0675. The first-order valence-corrected chi connectivity index (χ1v) is 10.4. The van der Waals surface area contributed by atoms with Gasteiger partial charge in [0.1, 0.15) is 0 Å². The van der Waals surface area contributed by atoms with Gasteiger partial charge in [0.05, 0.1) is 5.66 Å². The van der Waals surface area contributed by atoms with Crippen LogP contribution in [-0.2, 0) is 0 Å². The highest BCUT2D eigenvalue weighted by atomic mass is 15.3. The highest BCUT2D eigenvalue weighted by molar-refractivity contribution is 4.88. The quantitative estimate of drug-likeness (QED) is 0.546. The lowest BCUT2D eigenvalue weighted by molar-refractivity contribution is 0.110. The third kappa shape index (κ3) is 10.8. The van der Waals surface area contributed by atoms with E-state index in [1.165, 1.54) is 39.1 Å². The van der Waals surface area contributed by atoms with Crippen molar-refractivity contribution in [2.45, 2.75) is 97.4 Å². The first-order chi connectivity index (χ1) is 11.6. The predicted molar refractivity (Wildman–Crippen MR) is 115 cm³/mol. The Bertz CT molecular complexity index is 369. The summed E-state index contributed by atoms with van der Waals surface area (Å²) in [4.78, 5) is 5.22. The van der Waals surface area contributed by atoms with Crippen molar-refractivity contribution in [1.82, 2.24) is 20.4 Å². The monoisotopic (exact) mass is 369 g/mol. The third-order valence-corrected chi connectivity index (χ3v) is 4.94. The second kappa shape index (κ2) is 8.87. The molecule has 1 heterocycles. The van der Waals surface area contributed by atoms with E-state index in [9.17, 15) is 0 Å². The first kappa shape index (κ1) is 23.8. The van der Waals surface area contributed by atoms with Crippen molar-refractivity contribution in [1.29, 1.82) is 0 Å². The van der Waals surface area contributed by atoms with Crippen LogP contribution in [0, 0.1) is 0 Å². The van der Waals surface area contributed by atoms with Gasteiger partial charge in [-0.05, 0) is 88.2 Å². The second-order valence-corrected chi connectivity index (χ2v) is 11.2. The fourth-order valence-electron chi connectivity index (χ4n) is 4.12. The second-order valence-electron chi connectivity index (χ2n) is 11.2. The molecule has 1 fully saturated rings. The van der Waals surface area contributed by atoms with E-state index in [0.717, 1.165) is 13.0 Å². The van der Waals surface area contributed by atoms with E-state index in [4.69, 9.17) is 5.73 Å². The van der Waals surface area contributed by atoms with Crippen LogP contribution in [0.25, 0.3) is 0 Å². The Balaban J connectivity index is 2.30. The molecule has 26 heavy (non-hydrogen) atoms. The van der Waals surface area contributed by atoms with E-state index < -0.39 is 0 Å². The zero-order valence-corrected chi connectivity index (χ0v) is 19.1. The molecule has 5 nitrogen and oxygen atoms in total. The van der Waals surface area contributed by atoms with Gasteiger partial charge in [-0.1, -0.05) is 0 Å². The molecule has 0 aromatic rings. The number of hydrogen-bond donors (Lipinski definition) is 3. The zero-order valence-electron chi connectivity index (χ0n) is 19.1. The summed E-state index contributed by atoms with van der Waals surface area (Å²) in [7, 11) is 0. The molecule has 1 rings (SSSR count). The molecule has 0 aromatic heterocycles. The van der Waals surface area contributed by atoms with Crippen molar-refractivity contribution >= 4 is 0 Å². The van der Waals surface area contributed by atoms with E-state index in [0.29, 0.717) is 0 Å². The normalized spacial score (nSPS) is 19.2. The number of rotatable bonds is 9. The van der Waals surface area contributed by atoms with Gasteiger partial charge in [0, 0.05) is 42.8 Å². The number of nitrogens with one attached hydrogen (secondary N) is 2. The van der Waals surface area contributed by atoms with Gasteiger partial charge >= 0.3 is 0 Å². The number of piperazine rings is 1. The Morgan fingerprint density at radius 1 is 0.654 bits per heavy atom. The minimum atomic E-state index is -0.323. The molecular formula is C21H47N5. The lowest BCUT2D eigenvalue weighted by atomic mass is 9.95. The van der Waals surface area contributed by atoms with Crippen molar-refractivity contribution in [2.24, 2.45) is 5.73 Å². The summed E-state index contributed by atoms with van der Waals surface area (Å²) in [6, 6.07) is 0. The maximum Gasteiger partial charge on any atom is 0.0607 e. The maximum atomic E-state index is 6.12. The smallest absolute Gasteiger partial charge is 0.0607 e. The summed E-state index contributed by atoms with van der Waals surface area (Å²) in [6.07, 6.45) is 2.31. The highest BCUT2D eigenvalue weighted by Gasteiger charge is 2.27. The fourth-order valence-corrected chi connectivity index (χ4v) is 4.12. The van der Waals surface area contributed by atoms with Crippen LogP contribution < -0.4 is 16.4 Å². The molecule has 1 saturated heterocycles. The molecule has 1 aliphatic heterocycles. The number of nitrogens with two attached hydrogens (primary N) is 1. The van der Waals surface area contributed by atoms with Gasteiger partial charge in [0.25, 0.3) is 0 Å². The Labute approximate surface area is 163 Å². The zero-order chi connectivity index (χ0) is 20.2. The van der Waals surface area contributed by atoms with Gasteiger partial charge in [0.15, 0.2) is 0 Å². The topological polar surface area (TPSA) is 56.6 Å². The van der Waals surface area contributed by atoms with Crippen LogP contribution in [0.3, 0.4) is 0 Å². The van der Waals surface area contributed by atoms with Gasteiger partial charge < -0.3 is 20.9 Å². The summed E-state index contributed by atoms with van der Waals surface area (Å²) >= 11 is 0. The van der Waals surface area contributed by atoms with Crippen LogP contribution >= 0.6 is 0 Å². The van der Waals surface area contributed by atoms with E-state index in [-0.39, 0.29) is 22.3 Å². The van der Waals surface area contributed by atoms with E-state index in [1.807, 2.05) is 13.8 Å². The molecular weight excluding hydrogens is 322 g/mol. The lowest BCUT2D eigenvalue weighted by Crippen LogP contribution is -2.58. The first-order valence-electron chi connectivity index (χ1n) is 10.4. The van der Waals surface area contributed by atoms with Gasteiger partial charge in [-0.2, -0.15) is 0 Å². The molecule has 5 heteroatoms. The lowest BCUT2D eigenvalue weighted by Gasteiger charge is -2.40. The average molecular weight is 370 g/mol. The van der Waals surface area contributed by atoms with Crippen LogP contribution in [-0.4, -0.2) is 71.3 Å². The van der Waals surface area contributed by atoms with Crippen molar-refractivity contribution in [2.75, 3.05) is 39.3 Å². The van der Waals surface area contributed by atoms with Gasteiger partial charge in [-0.3, -0.25) is 5.32 Å². The maximum absolute atomic E-state index is 6.12. The van der Waals surface area contributed by atoms with E-state index in [1.54, 1.807) is 0 Å². The van der Waals surface area contributed by atoms with Crippen molar-refractivity contribution < 1.29 is 0 Å². The molecule has 0 spiro atoms. The Hall–Kier alpha value is -0.200. The highest BCUT2D eigenvalue weighted by Crippen LogP contribution is 2.17. The number of hydrogen-bond acceptors (Lipinski definition) is 5. The summed E-state index contributed by atoms with van der Waals surface area (Å²) in [6.45, 7) is 27.0. The summed E-state index contributed by atoms with van der Waals surface area (Å²) < 4.78 is 0. The van der Waals surface area contributed by atoms with Crippen molar-refractivity contribution in [3.05, 3.63) is 0 Å². The van der Waals surface area contributed by atoms with Gasteiger partial charge in [0.2, 0.25) is 0 Å². The van der Waals surface area contributed by atoms with E-state index in [2.05, 4.69) is 68.9 Å². The van der Waals surface area contributed by atoms with Crippen LogP contribution in [0.1, 0.15) is 75.2 Å². The molecule has 0 bridgehead atoms. The molecule has 4 N–H and O–H groups in total. The minimum Gasteiger partial charge on any atom is -0.314 e. The van der Waals surface area contributed by atoms with E-state index >= 15 is 0 Å². The Kier molecular flexibility index (Phi) is 8.13. The summed E-state index contributed by atoms with van der Waals surface area (Å²) in [5, 5.41) is 7.28.